The molecule has 6 heteroatoms. The first kappa shape index (κ1) is 15.9. The molecule has 0 saturated heterocycles. The molecule has 1 unspecified atom stereocenters. The third kappa shape index (κ3) is 3.92. The third-order valence-corrected chi connectivity index (χ3v) is 3.63. The molecule has 18 heavy (non-hydrogen) atoms. The van der Waals surface area contributed by atoms with Crippen molar-refractivity contribution in [3.63, 3.8) is 0 Å². The number of carbonyl (C=O) groups is 1. The zero-order valence-corrected chi connectivity index (χ0v) is 13.1. The zero-order valence-electron chi connectivity index (χ0n) is 10.1. The normalized spacial score (nSPS) is 13.3. The van der Waals surface area contributed by atoms with Gasteiger partial charge in [0.1, 0.15) is 5.75 Å². The minimum atomic E-state index is -1.10. The summed E-state index contributed by atoms with van der Waals surface area (Å²) in [5, 5.41) is 0.719. The Morgan fingerprint density at radius 2 is 1.61 bits per heavy atom. The van der Waals surface area contributed by atoms with Crippen molar-refractivity contribution in [2.24, 2.45) is 5.41 Å². The van der Waals surface area contributed by atoms with Crippen LogP contribution < -0.4 is 4.74 Å². The van der Waals surface area contributed by atoms with Crippen molar-refractivity contribution in [2.75, 3.05) is 0 Å². The summed E-state index contributed by atoms with van der Waals surface area (Å²) in [4.78, 5) is 11.9. The first-order valence-corrected chi connectivity index (χ1v) is 6.69. The molecule has 0 N–H and O–H groups in total. The molecule has 0 fully saturated rings. The number of Topliss-reactive ketones (excluding diaryl/α,β-unsaturated/α-hetero) is 1. The van der Waals surface area contributed by atoms with E-state index in [0.717, 1.165) is 0 Å². The Morgan fingerprint density at radius 3 is 2.00 bits per heavy atom. The van der Waals surface area contributed by atoms with Gasteiger partial charge in [0.2, 0.25) is 5.56 Å². The van der Waals surface area contributed by atoms with Crippen LogP contribution >= 0.6 is 46.4 Å². The Hall–Kier alpha value is -0.150. The van der Waals surface area contributed by atoms with Crippen LogP contribution in [0.2, 0.25) is 15.1 Å². The lowest BCUT2D eigenvalue weighted by molar-refractivity contribution is -0.130. The molecule has 1 aromatic carbocycles. The number of carbonyl (C=O) groups excluding carboxylic acids is 1. The van der Waals surface area contributed by atoms with Gasteiger partial charge in [-0.15, -0.1) is 0 Å². The van der Waals surface area contributed by atoms with Crippen LogP contribution in [0, 0.1) is 5.41 Å². The number of ketones is 1. The van der Waals surface area contributed by atoms with E-state index in [1.807, 2.05) is 0 Å². The van der Waals surface area contributed by atoms with Gasteiger partial charge in [0, 0.05) is 17.5 Å². The predicted molar refractivity (Wildman–Crippen MR) is 76.2 cm³/mol. The van der Waals surface area contributed by atoms with E-state index in [2.05, 4.69) is 0 Å². The molecule has 100 valence electrons. The van der Waals surface area contributed by atoms with Crippen LogP contribution in [0.3, 0.4) is 0 Å². The molecule has 1 atom stereocenters. The van der Waals surface area contributed by atoms with Crippen LogP contribution in [-0.4, -0.2) is 11.3 Å². The van der Waals surface area contributed by atoms with Crippen molar-refractivity contribution in [2.45, 2.75) is 26.3 Å². The largest absolute Gasteiger partial charge is 0.467 e. The van der Waals surface area contributed by atoms with E-state index in [-0.39, 0.29) is 20.9 Å². The maximum absolute atomic E-state index is 11.9. The lowest BCUT2D eigenvalue weighted by Gasteiger charge is -2.21. The SMILES string of the molecule is CC(C)(C)C(=O)C(Cl)Oc1cc(Cl)c(Cl)c(Cl)c1. The lowest BCUT2D eigenvalue weighted by atomic mass is 9.91. The fraction of sp³-hybridized carbons (Fsp3) is 0.417. The molecular weight excluding hydrogens is 318 g/mol. The molecule has 0 radical (unpaired) electrons. The highest BCUT2D eigenvalue weighted by Gasteiger charge is 2.29. The molecule has 0 aliphatic carbocycles. The summed E-state index contributed by atoms with van der Waals surface area (Å²) < 4.78 is 5.31. The van der Waals surface area contributed by atoms with Crippen molar-refractivity contribution >= 4 is 52.2 Å². The summed E-state index contributed by atoms with van der Waals surface area (Å²) in [6.45, 7) is 5.28. The van der Waals surface area contributed by atoms with Gasteiger partial charge in [-0.25, -0.2) is 0 Å². The van der Waals surface area contributed by atoms with Crippen LogP contribution in [0.1, 0.15) is 20.8 Å². The standard InChI is InChI=1S/C12H12Cl4O2/c1-12(2,3)10(17)11(16)18-6-4-7(13)9(15)8(14)5-6/h4-5,11H,1-3H3. The quantitative estimate of drug-likeness (QED) is 0.562. The van der Waals surface area contributed by atoms with E-state index in [4.69, 9.17) is 51.1 Å². The molecular formula is C12H12Cl4O2. The monoisotopic (exact) mass is 328 g/mol. The Labute approximate surface area is 126 Å². The minimum absolute atomic E-state index is 0.230. The van der Waals surface area contributed by atoms with Gasteiger partial charge < -0.3 is 4.74 Å². The Bertz CT molecular complexity index is 443. The van der Waals surface area contributed by atoms with Gasteiger partial charge in [-0.3, -0.25) is 4.79 Å². The summed E-state index contributed by atoms with van der Waals surface area (Å²) in [6, 6.07) is 2.92. The number of alkyl halides is 1. The third-order valence-electron chi connectivity index (χ3n) is 2.14. The van der Waals surface area contributed by atoms with Gasteiger partial charge in [-0.1, -0.05) is 67.2 Å². The molecule has 0 bridgehead atoms. The summed E-state index contributed by atoms with van der Waals surface area (Å²) in [6.07, 6.45) is 0. The molecule has 0 aliphatic heterocycles. The number of rotatable bonds is 3. The van der Waals surface area contributed by atoms with Crippen molar-refractivity contribution in [1.29, 1.82) is 0 Å². The van der Waals surface area contributed by atoms with Gasteiger partial charge >= 0.3 is 0 Å². The van der Waals surface area contributed by atoms with Crippen LogP contribution in [0.4, 0.5) is 0 Å². The van der Waals surface area contributed by atoms with E-state index in [0.29, 0.717) is 5.75 Å². The topological polar surface area (TPSA) is 26.3 Å². The minimum Gasteiger partial charge on any atom is -0.467 e. The molecule has 2 nitrogen and oxygen atoms in total. The van der Waals surface area contributed by atoms with Crippen LogP contribution in [0.25, 0.3) is 0 Å². The fourth-order valence-corrected chi connectivity index (χ4v) is 2.12. The molecule has 0 aromatic heterocycles. The number of hydrogen-bond acceptors (Lipinski definition) is 2. The van der Waals surface area contributed by atoms with Crippen LogP contribution in [0.15, 0.2) is 12.1 Å². The second-order valence-corrected chi connectivity index (χ2v) is 6.34. The lowest BCUT2D eigenvalue weighted by Crippen LogP contribution is -2.32. The average molecular weight is 330 g/mol. The van der Waals surface area contributed by atoms with E-state index < -0.39 is 11.0 Å². The first-order chi connectivity index (χ1) is 8.12. The molecule has 0 heterocycles. The molecule has 0 amide bonds. The summed E-state index contributed by atoms with van der Waals surface area (Å²) in [7, 11) is 0. The maximum Gasteiger partial charge on any atom is 0.230 e. The number of hydrogen-bond donors (Lipinski definition) is 0. The second-order valence-electron chi connectivity index (χ2n) is 4.75. The van der Waals surface area contributed by atoms with Crippen molar-refractivity contribution in [1.82, 2.24) is 0 Å². The number of ether oxygens (including phenoxy) is 1. The summed E-state index contributed by atoms with van der Waals surface area (Å²) in [5.41, 5.74) is -1.69. The number of halogens is 4. The number of benzene rings is 1. The predicted octanol–water partition coefficient (Wildman–Crippen LogP) is 5.21. The van der Waals surface area contributed by atoms with E-state index in [9.17, 15) is 4.79 Å². The zero-order chi connectivity index (χ0) is 14.1. The van der Waals surface area contributed by atoms with Crippen molar-refractivity contribution in [3.05, 3.63) is 27.2 Å². The molecule has 0 spiro atoms. The van der Waals surface area contributed by atoms with Gasteiger partial charge in [0.25, 0.3) is 0 Å². The van der Waals surface area contributed by atoms with Gasteiger partial charge in [-0.2, -0.15) is 0 Å². The Morgan fingerprint density at radius 1 is 1.17 bits per heavy atom. The second kappa shape index (κ2) is 5.87. The van der Waals surface area contributed by atoms with E-state index in [1.54, 1.807) is 20.8 Å². The van der Waals surface area contributed by atoms with Crippen molar-refractivity contribution < 1.29 is 9.53 Å². The van der Waals surface area contributed by atoms with Crippen LogP contribution in [-0.2, 0) is 4.79 Å². The van der Waals surface area contributed by atoms with Gasteiger partial charge in [0.05, 0.1) is 15.1 Å². The summed E-state index contributed by atoms with van der Waals surface area (Å²) >= 11 is 23.4. The molecule has 1 aromatic rings. The van der Waals surface area contributed by atoms with Crippen molar-refractivity contribution in [3.8, 4) is 5.75 Å². The van der Waals surface area contributed by atoms with Gasteiger partial charge in [-0.05, 0) is 0 Å². The first-order valence-electron chi connectivity index (χ1n) is 5.12. The smallest absolute Gasteiger partial charge is 0.230 e. The molecule has 0 saturated carbocycles. The highest BCUT2D eigenvalue weighted by molar-refractivity contribution is 6.48. The molecule has 0 aliphatic rings. The van der Waals surface area contributed by atoms with E-state index in [1.165, 1.54) is 12.1 Å². The fourth-order valence-electron chi connectivity index (χ4n) is 1.11. The van der Waals surface area contributed by atoms with Crippen LogP contribution in [0.5, 0.6) is 5.75 Å². The average Bonchev–Trinajstić information content (AvgIpc) is 2.23. The summed E-state index contributed by atoms with van der Waals surface area (Å²) in [5.74, 6) is 0.0679. The van der Waals surface area contributed by atoms with Gasteiger partial charge in [0.15, 0.2) is 5.78 Å². The highest BCUT2D eigenvalue weighted by atomic mass is 35.5. The Balaban J connectivity index is 2.89. The Kier molecular flexibility index (Phi) is 5.19. The maximum atomic E-state index is 11.9. The molecule has 1 rings (SSSR count). The highest BCUT2D eigenvalue weighted by Crippen LogP contribution is 2.35. The van der Waals surface area contributed by atoms with E-state index >= 15 is 0 Å².